The van der Waals surface area contributed by atoms with Gasteiger partial charge in [-0.1, -0.05) is 23.5 Å². The van der Waals surface area contributed by atoms with E-state index in [1.807, 2.05) is 51.4 Å². The van der Waals surface area contributed by atoms with Gasteiger partial charge in [0.05, 0.1) is 18.9 Å². The molecule has 30 heavy (non-hydrogen) atoms. The number of thiazole rings is 1. The SMILES string of the molecule is COc1cccc(C(=O)N(CCCN(C)C)c2nc3c(OC)ccc(C)c3s2)c1.Cl. The van der Waals surface area contributed by atoms with Crippen LogP contribution >= 0.6 is 23.7 Å². The zero-order valence-electron chi connectivity index (χ0n) is 18.0. The molecule has 0 radical (unpaired) electrons. The molecule has 0 aliphatic rings. The lowest BCUT2D eigenvalue weighted by molar-refractivity contribution is 0.0985. The summed E-state index contributed by atoms with van der Waals surface area (Å²) in [6.45, 7) is 3.51. The van der Waals surface area contributed by atoms with Crippen LogP contribution in [0.1, 0.15) is 22.3 Å². The van der Waals surface area contributed by atoms with Gasteiger partial charge in [-0.3, -0.25) is 9.69 Å². The Bertz CT molecular complexity index is 1010. The van der Waals surface area contributed by atoms with Crippen molar-refractivity contribution < 1.29 is 14.3 Å². The summed E-state index contributed by atoms with van der Waals surface area (Å²) in [5, 5.41) is 0.680. The van der Waals surface area contributed by atoms with Crippen LogP contribution in [-0.2, 0) is 0 Å². The fourth-order valence-corrected chi connectivity index (χ4v) is 4.20. The van der Waals surface area contributed by atoms with Crippen LogP contribution in [0.2, 0.25) is 0 Å². The van der Waals surface area contributed by atoms with E-state index < -0.39 is 0 Å². The Morgan fingerprint density at radius 1 is 1.10 bits per heavy atom. The van der Waals surface area contributed by atoms with Gasteiger partial charge >= 0.3 is 0 Å². The molecule has 2 aromatic carbocycles. The average Bonchev–Trinajstić information content (AvgIpc) is 3.17. The molecule has 0 atom stereocenters. The molecular formula is C22H28ClN3O3S. The lowest BCUT2D eigenvalue weighted by Crippen LogP contribution is -2.33. The number of halogens is 1. The molecule has 3 aromatic rings. The molecule has 0 N–H and O–H groups in total. The molecule has 1 amide bonds. The topological polar surface area (TPSA) is 54.9 Å². The maximum atomic E-state index is 13.4. The highest BCUT2D eigenvalue weighted by molar-refractivity contribution is 7.22. The molecular weight excluding hydrogens is 422 g/mol. The van der Waals surface area contributed by atoms with Crippen LogP contribution in [0.4, 0.5) is 5.13 Å². The summed E-state index contributed by atoms with van der Waals surface area (Å²) in [5.74, 6) is 1.29. The normalized spacial score (nSPS) is 10.7. The minimum absolute atomic E-state index is 0. The summed E-state index contributed by atoms with van der Waals surface area (Å²) in [5.41, 5.74) is 2.49. The standard InChI is InChI=1S/C22H27N3O3S.ClH/c1-15-10-11-18(28-5)19-20(15)29-22(23-19)25(13-7-12-24(2)3)21(26)16-8-6-9-17(14-16)27-4;/h6,8-11,14H,7,12-13H2,1-5H3;1H. The average molecular weight is 450 g/mol. The van der Waals surface area contributed by atoms with Crippen LogP contribution in [0.15, 0.2) is 36.4 Å². The second-order valence-corrected chi connectivity index (χ2v) is 8.08. The van der Waals surface area contributed by atoms with E-state index in [-0.39, 0.29) is 18.3 Å². The highest BCUT2D eigenvalue weighted by atomic mass is 35.5. The smallest absolute Gasteiger partial charge is 0.260 e. The maximum absolute atomic E-state index is 13.4. The van der Waals surface area contributed by atoms with Gasteiger partial charge in [-0.15, -0.1) is 12.4 Å². The maximum Gasteiger partial charge on any atom is 0.260 e. The lowest BCUT2D eigenvalue weighted by atomic mass is 10.2. The summed E-state index contributed by atoms with van der Waals surface area (Å²) in [6.07, 6.45) is 0.842. The second-order valence-electron chi connectivity index (χ2n) is 7.10. The van der Waals surface area contributed by atoms with Gasteiger partial charge in [-0.2, -0.15) is 0 Å². The van der Waals surface area contributed by atoms with Gasteiger partial charge in [-0.05, 0) is 63.8 Å². The van der Waals surface area contributed by atoms with Crippen LogP contribution in [0, 0.1) is 6.92 Å². The number of ether oxygens (including phenoxy) is 2. The number of hydrogen-bond acceptors (Lipinski definition) is 6. The Kier molecular flexibility index (Phi) is 8.46. The van der Waals surface area contributed by atoms with Gasteiger partial charge in [0.15, 0.2) is 5.13 Å². The first kappa shape index (κ1) is 23.9. The summed E-state index contributed by atoms with van der Waals surface area (Å²) in [6, 6.07) is 11.2. The van der Waals surface area contributed by atoms with E-state index in [0.717, 1.165) is 34.5 Å². The first-order valence-electron chi connectivity index (χ1n) is 9.49. The largest absolute Gasteiger partial charge is 0.497 e. The molecule has 3 rings (SSSR count). The number of carbonyl (C=O) groups excluding carboxylic acids is 1. The molecule has 0 spiro atoms. The van der Waals surface area contributed by atoms with Crippen molar-refractivity contribution in [2.75, 3.05) is 46.3 Å². The van der Waals surface area contributed by atoms with E-state index in [1.165, 1.54) is 11.3 Å². The molecule has 1 heterocycles. The Morgan fingerprint density at radius 2 is 1.87 bits per heavy atom. The summed E-state index contributed by atoms with van der Waals surface area (Å²) in [7, 11) is 7.29. The van der Waals surface area contributed by atoms with E-state index in [1.54, 1.807) is 25.2 Å². The number of fused-ring (bicyclic) bond motifs is 1. The van der Waals surface area contributed by atoms with Crippen molar-refractivity contribution >= 4 is 45.0 Å². The Morgan fingerprint density at radius 3 is 2.53 bits per heavy atom. The number of anilines is 1. The summed E-state index contributed by atoms with van der Waals surface area (Å²) >= 11 is 1.52. The minimum atomic E-state index is -0.0849. The summed E-state index contributed by atoms with van der Waals surface area (Å²) < 4.78 is 11.8. The Hall–Kier alpha value is -2.35. The third kappa shape index (κ3) is 5.22. The van der Waals surface area contributed by atoms with Gasteiger partial charge in [0.2, 0.25) is 0 Å². The molecule has 0 saturated carbocycles. The van der Waals surface area contributed by atoms with Crippen molar-refractivity contribution in [2.24, 2.45) is 0 Å². The molecule has 0 unspecified atom stereocenters. The van der Waals surface area contributed by atoms with Crippen molar-refractivity contribution in [2.45, 2.75) is 13.3 Å². The highest BCUT2D eigenvalue weighted by Gasteiger charge is 2.23. The van der Waals surface area contributed by atoms with Crippen LogP contribution in [0.3, 0.4) is 0 Å². The molecule has 0 fully saturated rings. The third-order valence-corrected chi connectivity index (χ3v) is 5.91. The number of amides is 1. The van der Waals surface area contributed by atoms with E-state index in [0.29, 0.717) is 23.0 Å². The monoisotopic (exact) mass is 449 g/mol. The first-order valence-corrected chi connectivity index (χ1v) is 10.3. The molecule has 0 aliphatic carbocycles. The van der Waals surface area contributed by atoms with Crippen LogP contribution in [0.5, 0.6) is 11.5 Å². The zero-order chi connectivity index (χ0) is 21.0. The van der Waals surface area contributed by atoms with E-state index >= 15 is 0 Å². The number of methoxy groups -OCH3 is 2. The van der Waals surface area contributed by atoms with Gasteiger partial charge < -0.3 is 14.4 Å². The predicted molar refractivity (Wildman–Crippen MR) is 126 cm³/mol. The van der Waals surface area contributed by atoms with Crippen LogP contribution in [0.25, 0.3) is 10.2 Å². The summed E-state index contributed by atoms with van der Waals surface area (Å²) in [4.78, 5) is 22.1. The van der Waals surface area contributed by atoms with E-state index in [4.69, 9.17) is 14.5 Å². The molecule has 8 heteroatoms. The Balaban J connectivity index is 0.00000320. The van der Waals surface area contributed by atoms with Crippen LogP contribution < -0.4 is 14.4 Å². The second kappa shape index (κ2) is 10.6. The van der Waals surface area contributed by atoms with E-state index in [2.05, 4.69) is 4.90 Å². The number of aryl methyl sites for hydroxylation is 1. The molecule has 0 saturated heterocycles. The zero-order valence-corrected chi connectivity index (χ0v) is 19.6. The fraction of sp³-hybridized carbons (Fsp3) is 0.364. The first-order chi connectivity index (χ1) is 13.9. The van der Waals surface area contributed by atoms with Crippen molar-refractivity contribution in [1.29, 1.82) is 0 Å². The number of nitrogens with zero attached hydrogens (tertiary/aromatic N) is 3. The Labute approximate surface area is 187 Å². The molecule has 0 aliphatic heterocycles. The molecule has 6 nitrogen and oxygen atoms in total. The number of aromatic nitrogens is 1. The van der Waals surface area contributed by atoms with Crippen molar-refractivity contribution in [3.8, 4) is 11.5 Å². The highest BCUT2D eigenvalue weighted by Crippen LogP contribution is 2.37. The molecule has 0 bridgehead atoms. The fourth-order valence-electron chi connectivity index (χ4n) is 3.12. The van der Waals surface area contributed by atoms with Crippen molar-refractivity contribution in [3.05, 3.63) is 47.5 Å². The third-order valence-electron chi connectivity index (χ3n) is 4.69. The van der Waals surface area contributed by atoms with E-state index in [9.17, 15) is 4.79 Å². The van der Waals surface area contributed by atoms with Gasteiger partial charge in [0.25, 0.3) is 5.91 Å². The van der Waals surface area contributed by atoms with Gasteiger partial charge in [0, 0.05) is 12.1 Å². The molecule has 1 aromatic heterocycles. The quantitative estimate of drug-likeness (QED) is 0.501. The van der Waals surface area contributed by atoms with Crippen molar-refractivity contribution in [3.63, 3.8) is 0 Å². The van der Waals surface area contributed by atoms with Gasteiger partial charge in [-0.25, -0.2) is 4.98 Å². The van der Waals surface area contributed by atoms with Crippen molar-refractivity contribution in [1.82, 2.24) is 9.88 Å². The number of benzene rings is 2. The van der Waals surface area contributed by atoms with Crippen LogP contribution in [-0.4, -0.2) is 57.2 Å². The lowest BCUT2D eigenvalue weighted by Gasteiger charge is -2.21. The molecule has 162 valence electrons. The minimum Gasteiger partial charge on any atom is -0.497 e. The number of hydrogen-bond donors (Lipinski definition) is 0. The van der Waals surface area contributed by atoms with Gasteiger partial charge in [0.1, 0.15) is 17.0 Å². The number of rotatable bonds is 8. The number of carbonyl (C=O) groups is 1. The predicted octanol–water partition coefficient (Wildman–Crippen LogP) is 4.64.